The molecule has 0 bridgehead atoms. The Kier molecular flexibility index (Phi) is 6.39. The highest BCUT2D eigenvalue weighted by atomic mass is 32.2. The number of rotatable bonds is 6. The summed E-state index contributed by atoms with van der Waals surface area (Å²) in [5, 5.41) is 4.18. The fourth-order valence-corrected chi connectivity index (χ4v) is 5.37. The summed E-state index contributed by atoms with van der Waals surface area (Å²) in [7, 11) is 3.45. The molecule has 1 aromatic rings. The van der Waals surface area contributed by atoms with Gasteiger partial charge in [0.25, 0.3) is 0 Å². The summed E-state index contributed by atoms with van der Waals surface area (Å²) in [6, 6.07) is 6.28. The van der Waals surface area contributed by atoms with Gasteiger partial charge in [-0.25, -0.2) is 0 Å². The Balaban J connectivity index is 2.36. The minimum Gasteiger partial charge on any atom is -0.496 e. The van der Waals surface area contributed by atoms with Crippen LogP contribution in [0.2, 0.25) is 0 Å². The first-order chi connectivity index (χ1) is 9.81. The lowest BCUT2D eigenvalue weighted by atomic mass is 10.0. The Morgan fingerprint density at radius 2 is 1.95 bits per heavy atom. The molecule has 112 valence electrons. The maximum Gasteiger partial charge on any atom is 0.127 e. The summed E-state index contributed by atoms with van der Waals surface area (Å²) < 4.78 is 11.1. The Labute approximate surface area is 130 Å². The first-order valence-electron chi connectivity index (χ1n) is 6.95. The van der Waals surface area contributed by atoms with Gasteiger partial charge in [-0.15, -0.1) is 0 Å². The van der Waals surface area contributed by atoms with Crippen LogP contribution < -0.4 is 14.8 Å². The van der Waals surface area contributed by atoms with E-state index in [0.717, 1.165) is 23.6 Å². The van der Waals surface area contributed by atoms with E-state index in [1.807, 2.05) is 30.0 Å². The Hall–Kier alpha value is -0.520. The second-order valence-electron chi connectivity index (χ2n) is 4.60. The van der Waals surface area contributed by atoms with Crippen LogP contribution in [0.4, 0.5) is 0 Å². The molecule has 1 heterocycles. The van der Waals surface area contributed by atoms with Crippen LogP contribution in [-0.4, -0.2) is 43.3 Å². The van der Waals surface area contributed by atoms with E-state index in [1.54, 1.807) is 14.2 Å². The van der Waals surface area contributed by atoms with Gasteiger partial charge < -0.3 is 14.8 Å². The molecule has 1 N–H and O–H groups in total. The van der Waals surface area contributed by atoms with Crippen molar-refractivity contribution in [3.05, 3.63) is 23.8 Å². The van der Waals surface area contributed by atoms with Crippen LogP contribution in [0.1, 0.15) is 18.5 Å². The highest BCUT2D eigenvalue weighted by Gasteiger charge is 2.30. The normalized spacial score (nSPS) is 20.4. The molecule has 0 aliphatic carbocycles. The van der Waals surface area contributed by atoms with E-state index in [9.17, 15) is 0 Å². The van der Waals surface area contributed by atoms with E-state index < -0.39 is 0 Å². The fraction of sp³-hybridized carbons (Fsp3) is 0.600. The van der Waals surface area contributed by atoms with Crippen molar-refractivity contribution in [3.8, 4) is 11.5 Å². The first kappa shape index (κ1) is 15.9. The molecule has 1 fully saturated rings. The second kappa shape index (κ2) is 8.05. The van der Waals surface area contributed by atoms with Crippen molar-refractivity contribution >= 4 is 23.5 Å². The number of nitrogens with one attached hydrogen (secondary N) is 1. The zero-order chi connectivity index (χ0) is 14.4. The molecule has 3 nitrogen and oxygen atoms in total. The van der Waals surface area contributed by atoms with E-state index in [1.165, 1.54) is 17.3 Å². The topological polar surface area (TPSA) is 30.5 Å². The van der Waals surface area contributed by atoms with Crippen LogP contribution in [-0.2, 0) is 0 Å². The molecule has 0 spiro atoms. The zero-order valence-corrected chi connectivity index (χ0v) is 14.0. The van der Waals surface area contributed by atoms with Crippen LogP contribution in [0.15, 0.2) is 18.2 Å². The molecule has 1 aromatic carbocycles. The van der Waals surface area contributed by atoms with Gasteiger partial charge in [0.05, 0.1) is 25.8 Å². The third-order valence-corrected chi connectivity index (χ3v) is 6.28. The monoisotopic (exact) mass is 313 g/mol. The van der Waals surface area contributed by atoms with E-state index in [-0.39, 0.29) is 6.04 Å². The van der Waals surface area contributed by atoms with Crippen molar-refractivity contribution in [3.63, 3.8) is 0 Å². The smallest absolute Gasteiger partial charge is 0.127 e. The number of thioether (sulfide) groups is 2. The average molecular weight is 313 g/mol. The minimum atomic E-state index is 0.267. The van der Waals surface area contributed by atoms with Gasteiger partial charge in [-0.3, -0.25) is 0 Å². The highest BCUT2D eigenvalue weighted by molar-refractivity contribution is 8.06. The third-order valence-electron chi connectivity index (χ3n) is 3.41. The second-order valence-corrected chi connectivity index (χ2v) is 7.09. The molecule has 1 aliphatic heterocycles. The maximum atomic E-state index is 5.57. The van der Waals surface area contributed by atoms with Crippen LogP contribution in [0.3, 0.4) is 0 Å². The molecular formula is C15H23NO2S2. The van der Waals surface area contributed by atoms with Crippen LogP contribution in [0.25, 0.3) is 0 Å². The van der Waals surface area contributed by atoms with E-state index in [0.29, 0.717) is 5.25 Å². The summed E-state index contributed by atoms with van der Waals surface area (Å²) in [4.78, 5) is 0. The van der Waals surface area contributed by atoms with Crippen molar-refractivity contribution in [2.24, 2.45) is 0 Å². The predicted molar refractivity (Wildman–Crippen MR) is 89.5 cm³/mol. The summed E-state index contributed by atoms with van der Waals surface area (Å²) in [6.45, 7) is 3.09. The number of methoxy groups -OCH3 is 2. The molecule has 5 heteroatoms. The number of benzene rings is 1. The van der Waals surface area contributed by atoms with Crippen molar-refractivity contribution in [2.75, 3.05) is 38.0 Å². The van der Waals surface area contributed by atoms with Crippen molar-refractivity contribution in [1.82, 2.24) is 5.32 Å². The molecule has 1 aliphatic rings. The minimum absolute atomic E-state index is 0.267. The van der Waals surface area contributed by atoms with Crippen molar-refractivity contribution in [2.45, 2.75) is 18.2 Å². The van der Waals surface area contributed by atoms with E-state index >= 15 is 0 Å². The van der Waals surface area contributed by atoms with Crippen LogP contribution >= 0.6 is 23.5 Å². The van der Waals surface area contributed by atoms with Gasteiger partial charge in [0, 0.05) is 22.5 Å². The predicted octanol–water partition coefficient (Wildman–Crippen LogP) is 3.20. The van der Waals surface area contributed by atoms with Crippen LogP contribution in [0, 0.1) is 0 Å². The maximum absolute atomic E-state index is 5.57. The summed E-state index contributed by atoms with van der Waals surface area (Å²) in [5.41, 5.74) is 1.15. The molecule has 0 aromatic heterocycles. The largest absolute Gasteiger partial charge is 0.496 e. The lowest BCUT2D eigenvalue weighted by molar-refractivity contribution is 0.371. The molecule has 2 unspecified atom stereocenters. The van der Waals surface area contributed by atoms with Gasteiger partial charge >= 0.3 is 0 Å². The Morgan fingerprint density at radius 3 is 2.45 bits per heavy atom. The van der Waals surface area contributed by atoms with Gasteiger partial charge in [-0.2, -0.15) is 23.5 Å². The summed E-state index contributed by atoms with van der Waals surface area (Å²) >= 11 is 4.09. The van der Waals surface area contributed by atoms with E-state index in [4.69, 9.17) is 9.47 Å². The molecule has 2 atom stereocenters. The Morgan fingerprint density at radius 1 is 1.25 bits per heavy atom. The molecule has 1 saturated heterocycles. The lowest BCUT2D eigenvalue weighted by Gasteiger charge is -2.32. The van der Waals surface area contributed by atoms with E-state index in [2.05, 4.69) is 24.0 Å². The van der Waals surface area contributed by atoms with Gasteiger partial charge in [0.15, 0.2) is 0 Å². The number of hydrogen-bond acceptors (Lipinski definition) is 5. The molecular weight excluding hydrogens is 290 g/mol. The standard InChI is InChI=1S/C15H23NO2S2/c1-4-16-15(13-10-19-8-9-20-13)14-11(17-2)6-5-7-12(14)18-3/h5-7,13,15-16H,4,8-10H2,1-3H3. The SMILES string of the molecule is CCNC(c1c(OC)cccc1OC)C1CSCCS1. The zero-order valence-electron chi connectivity index (χ0n) is 12.3. The fourth-order valence-electron chi connectivity index (χ4n) is 2.52. The first-order valence-corrected chi connectivity index (χ1v) is 9.15. The molecule has 0 saturated carbocycles. The van der Waals surface area contributed by atoms with Gasteiger partial charge in [0.1, 0.15) is 11.5 Å². The van der Waals surface area contributed by atoms with Crippen molar-refractivity contribution < 1.29 is 9.47 Å². The quantitative estimate of drug-likeness (QED) is 0.871. The highest BCUT2D eigenvalue weighted by Crippen LogP contribution is 2.41. The molecule has 2 rings (SSSR count). The summed E-state index contributed by atoms with van der Waals surface area (Å²) in [5.74, 6) is 5.46. The summed E-state index contributed by atoms with van der Waals surface area (Å²) in [6.07, 6.45) is 0. The van der Waals surface area contributed by atoms with Gasteiger partial charge in [-0.1, -0.05) is 13.0 Å². The Bertz CT molecular complexity index is 400. The van der Waals surface area contributed by atoms with Gasteiger partial charge in [-0.05, 0) is 18.7 Å². The number of hydrogen-bond donors (Lipinski definition) is 1. The van der Waals surface area contributed by atoms with Crippen molar-refractivity contribution in [1.29, 1.82) is 0 Å². The average Bonchev–Trinajstić information content (AvgIpc) is 2.52. The molecule has 0 amide bonds. The lowest BCUT2D eigenvalue weighted by Crippen LogP contribution is -2.34. The molecule has 0 radical (unpaired) electrons. The number of ether oxygens (including phenoxy) is 2. The third kappa shape index (κ3) is 3.57. The van der Waals surface area contributed by atoms with Gasteiger partial charge in [0.2, 0.25) is 0 Å². The van der Waals surface area contributed by atoms with Crippen LogP contribution in [0.5, 0.6) is 11.5 Å². The molecule has 20 heavy (non-hydrogen) atoms.